The third kappa shape index (κ3) is 4.67. The van der Waals surface area contributed by atoms with E-state index in [1.54, 1.807) is 52.8 Å². The summed E-state index contributed by atoms with van der Waals surface area (Å²) in [5.74, 6) is 5.27. The summed E-state index contributed by atoms with van der Waals surface area (Å²) in [4.78, 5) is 16.6. The molecular weight excluding hydrogens is 280 g/mol. The Morgan fingerprint density at radius 2 is 1.85 bits per heavy atom. The molecule has 5 nitrogen and oxygen atoms in total. The summed E-state index contributed by atoms with van der Waals surface area (Å²) in [5, 5.41) is 3.16. The molecule has 0 aliphatic rings. The summed E-state index contributed by atoms with van der Waals surface area (Å²) in [6.07, 6.45) is -0.530. The van der Waals surface area contributed by atoms with Crippen molar-refractivity contribution in [3.8, 4) is 0 Å². The van der Waals surface area contributed by atoms with E-state index in [0.29, 0.717) is 16.3 Å². The first-order chi connectivity index (χ1) is 9.05. The molecule has 0 saturated heterocycles. The predicted octanol–water partition coefficient (Wildman–Crippen LogP) is 3.81. The summed E-state index contributed by atoms with van der Waals surface area (Å²) in [6.45, 7) is 8.96. The van der Waals surface area contributed by atoms with Gasteiger partial charge in [-0.15, -0.1) is 0 Å². The van der Waals surface area contributed by atoms with Gasteiger partial charge in [-0.1, -0.05) is 11.6 Å². The summed E-state index contributed by atoms with van der Waals surface area (Å²) < 4.78 is 5.18. The van der Waals surface area contributed by atoms with Crippen molar-refractivity contribution in [1.82, 2.24) is 0 Å². The molecule has 3 N–H and O–H groups in total. The van der Waals surface area contributed by atoms with Crippen LogP contribution in [0.3, 0.4) is 0 Å². The Kier molecular flexibility index (Phi) is 5.02. The fraction of sp³-hybridized carbons (Fsp3) is 0.500. The van der Waals surface area contributed by atoms with Crippen LogP contribution in [0, 0.1) is 0 Å². The second-order valence-electron chi connectivity index (χ2n) is 5.95. The van der Waals surface area contributed by atoms with Gasteiger partial charge in [-0.3, -0.25) is 10.2 Å². The first kappa shape index (κ1) is 16.8. The minimum absolute atomic E-state index is 0.509. The van der Waals surface area contributed by atoms with Crippen molar-refractivity contribution >= 4 is 23.4 Å². The van der Waals surface area contributed by atoms with Gasteiger partial charge in [0.25, 0.3) is 0 Å². The molecule has 0 aliphatic heterocycles. The fourth-order valence-corrected chi connectivity index (χ4v) is 1.89. The number of ether oxygens (including phenoxy) is 1. The first-order valence-electron chi connectivity index (χ1n) is 6.23. The van der Waals surface area contributed by atoms with Crippen LogP contribution in [0.5, 0.6) is 0 Å². The number of amides is 1. The van der Waals surface area contributed by atoms with Crippen LogP contribution in [0.2, 0.25) is 5.02 Å². The predicted molar refractivity (Wildman–Crippen MR) is 79.6 cm³/mol. The third-order valence-electron chi connectivity index (χ3n) is 2.55. The van der Waals surface area contributed by atoms with Crippen LogP contribution in [0.1, 0.15) is 40.2 Å². The lowest BCUT2D eigenvalue weighted by Crippen LogP contribution is -2.28. The van der Waals surface area contributed by atoms with Crippen molar-refractivity contribution in [2.24, 2.45) is 5.90 Å². The number of halogens is 1. The summed E-state index contributed by atoms with van der Waals surface area (Å²) >= 11 is 6.12. The minimum Gasteiger partial charge on any atom is -0.444 e. The minimum atomic E-state index is -0.761. The highest BCUT2D eigenvalue weighted by atomic mass is 35.5. The SMILES string of the molecule is CC(C)(C)OC(=O)Nc1ccc(Cl)c(C(C)(C)ON)c1. The first-order valence-corrected chi connectivity index (χ1v) is 6.61. The lowest BCUT2D eigenvalue weighted by atomic mass is 9.97. The van der Waals surface area contributed by atoms with Crippen LogP contribution in [0.15, 0.2) is 18.2 Å². The molecule has 1 amide bonds. The van der Waals surface area contributed by atoms with Gasteiger partial charge < -0.3 is 4.74 Å². The van der Waals surface area contributed by atoms with E-state index in [0.717, 1.165) is 0 Å². The second-order valence-corrected chi connectivity index (χ2v) is 6.36. The molecule has 1 aromatic rings. The van der Waals surface area contributed by atoms with Crippen LogP contribution in [0.4, 0.5) is 10.5 Å². The number of nitrogens with one attached hydrogen (secondary N) is 1. The van der Waals surface area contributed by atoms with Gasteiger partial charge in [0.15, 0.2) is 0 Å². The molecule has 0 aromatic heterocycles. The maximum absolute atomic E-state index is 11.7. The van der Waals surface area contributed by atoms with Crippen molar-refractivity contribution < 1.29 is 14.4 Å². The van der Waals surface area contributed by atoms with Crippen LogP contribution in [0.25, 0.3) is 0 Å². The molecule has 0 bridgehead atoms. The molecule has 0 heterocycles. The van der Waals surface area contributed by atoms with Gasteiger partial charge in [-0.05, 0) is 52.8 Å². The van der Waals surface area contributed by atoms with E-state index in [9.17, 15) is 4.79 Å². The topological polar surface area (TPSA) is 73.6 Å². The lowest BCUT2D eigenvalue weighted by Gasteiger charge is -2.24. The van der Waals surface area contributed by atoms with E-state index in [1.807, 2.05) is 0 Å². The highest BCUT2D eigenvalue weighted by molar-refractivity contribution is 6.31. The summed E-state index contributed by atoms with van der Waals surface area (Å²) in [7, 11) is 0. The van der Waals surface area contributed by atoms with Gasteiger partial charge in [0.2, 0.25) is 0 Å². The summed E-state index contributed by atoms with van der Waals surface area (Å²) in [5.41, 5.74) is -0.0826. The number of benzene rings is 1. The molecule has 0 atom stereocenters. The van der Waals surface area contributed by atoms with Crippen LogP contribution < -0.4 is 11.2 Å². The molecule has 0 aliphatic carbocycles. The van der Waals surface area contributed by atoms with Crippen molar-refractivity contribution in [2.45, 2.75) is 45.8 Å². The zero-order valence-electron chi connectivity index (χ0n) is 12.4. The number of carbonyl (C=O) groups excluding carboxylic acids is 1. The molecule has 0 fully saturated rings. The zero-order chi connectivity index (χ0) is 15.6. The smallest absolute Gasteiger partial charge is 0.412 e. The third-order valence-corrected chi connectivity index (χ3v) is 2.88. The maximum atomic E-state index is 11.7. The van der Waals surface area contributed by atoms with Gasteiger partial charge in [0.1, 0.15) is 11.2 Å². The van der Waals surface area contributed by atoms with Gasteiger partial charge in [-0.2, -0.15) is 0 Å². The maximum Gasteiger partial charge on any atom is 0.412 e. The quantitative estimate of drug-likeness (QED) is 0.832. The van der Waals surface area contributed by atoms with Crippen LogP contribution in [-0.2, 0) is 15.2 Å². The molecule has 1 aromatic carbocycles. The number of hydrogen-bond acceptors (Lipinski definition) is 4. The van der Waals surface area contributed by atoms with Gasteiger partial charge in [0.05, 0.1) is 0 Å². The van der Waals surface area contributed by atoms with E-state index in [1.165, 1.54) is 0 Å². The van der Waals surface area contributed by atoms with Crippen molar-refractivity contribution in [2.75, 3.05) is 5.32 Å². The highest BCUT2D eigenvalue weighted by Gasteiger charge is 2.24. The number of carbonyl (C=O) groups is 1. The molecule has 0 spiro atoms. The van der Waals surface area contributed by atoms with E-state index < -0.39 is 17.3 Å². The van der Waals surface area contributed by atoms with E-state index in [-0.39, 0.29) is 0 Å². The van der Waals surface area contributed by atoms with Gasteiger partial charge in [0, 0.05) is 16.3 Å². The highest BCUT2D eigenvalue weighted by Crippen LogP contribution is 2.32. The monoisotopic (exact) mass is 300 g/mol. The van der Waals surface area contributed by atoms with Crippen LogP contribution in [-0.4, -0.2) is 11.7 Å². The Bertz CT molecular complexity index is 496. The lowest BCUT2D eigenvalue weighted by molar-refractivity contribution is -0.0235. The Hall–Kier alpha value is -1.30. The number of nitrogens with two attached hydrogens (primary N) is 1. The standard InChI is InChI=1S/C14H21ClN2O3/c1-13(2,3)19-12(18)17-9-6-7-11(15)10(8-9)14(4,5)20-16/h6-8H,16H2,1-5H3,(H,17,18). The van der Waals surface area contributed by atoms with Gasteiger partial charge in [-0.25, -0.2) is 10.7 Å². The molecule has 6 heteroatoms. The molecule has 1 rings (SSSR count). The number of rotatable bonds is 3. The average Bonchev–Trinajstić information content (AvgIpc) is 2.29. The van der Waals surface area contributed by atoms with Crippen molar-refractivity contribution in [1.29, 1.82) is 0 Å². The molecular formula is C14H21ClN2O3. The molecule has 0 saturated carbocycles. The Morgan fingerprint density at radius 3 is 2.35 bits per heavy atom. The molecule has 112 valence electrons. The fourth-order valence-electron chi connectivity index (χ4n) is 1.55. The van der Waals surface area contributed by atoms with Crippen molar-refractivity contribution in [3.63, 3.8) is 0 Å². The number of anilines is 1. The molecule has 20 heavy (non-hydrogen) atoms. The Morgan fingerprint density at radius 1 is 1.25 bits per heavy atom. The molecule has 0 radical (unpaired) electrons. The van der Waals surface area contributed by atoms with Crippen LogP contribution >= 0.6 is 11.6 Å². The Balaban J connectivity index is 2.94. The zero-order valence-corrected chi connectivity index (χ0v) is 13.2. The number of hydrogen-bond donors (Lipinski definition) is 2. The molecule has 0 unspecified atom stereocenters. The summed E-state index contributed by atoms with van der Waals surface area (Å²) in [6, 6.07) is 5.06. The average molecular weight is 301 g/mol. The van der Waals surface area contributed by atoms with E-state index >= 15 is 0 Å². The Labute approximate surface area is 124 Å². The van der Waals surface area contributed by atoms with Gasteiger partial charge >= 0.3 is 6.09 Å². The normalized spacial score (nSPS) is 12.2. The van der Waals surface area contributed by atoms with Crippen molar-refractivity contribution in [3.05, 3.63) is 28.8 Å². The van der Waals surface area contributed by atoms with E-state index in [2.05, 4.69) is 5.32 Å². The largest absolute Gasteiger partial charge is 0.444 e. The van der Waals surface area contributed by atoms with E-state index in [4.69, 9.17) is 27.1 Å². The second kappa shape index (κ2) is 5.99.